The molecule has 0 aliphatic heterocycles. The van der Waals surface area contributed by atoms with Crippen LogP contribution in [0.5, 0.6) is 0 Å². The van der Waals surface area contributed by atoms with Crippen LogP contribution < -0.4 is 11.1 Å². The maximum atomic E-state index is 11.8. The molecule has 0 unspecified atom stereocenters. The average Bonchev–Trinajstić information content (AvgIpc) is 2.33. The van der Waals surface area contributed by atoms with Crippen molar-refractivity contribution >= 4 is 17.4 Å². The van der Waals surface area contributed by atoms with Gasteiger partial charge in [-0.15, -0.1) is 0 Å². The fourth-order valence-corrected chi connectivity index (χ4v) is 2.33. The maximum absolute atomic E-state index is 11.8. The van der Waals surface area contributed by atoms with Crippen LogP contribution in [0, 0.1) is 5.92 Å². The van der Waals surface area contributed by atoms with E-state index in [0.29, 0.717) is 23.8 Å². The molecule has 0 radical (unpaired) electrons. The van der Waals surface area contributed by atoms with Gasteiger partial charge in [0, 0.05) is 6.42 Å². The van der Waals surface area contributed by atoms with E-state index in [9.17, 15) is 4.79 Å². The van der Waals surface area contributed by atoms with Crippen molar-refractivity contribution in [3.8, 4) is 0 Å². The number of amides is 1. The van der Waals surface area contributed by atoms with Crippen LogP contribution in [0.4, 0.5) is 11.5 Å². The lowest BCUT2D eigenvalue weighted by atomic mass is 9.87. The minimum absolute atomic E-state index is 0.0640. The third kappa shape index (κ3) is 3.73. The standard InChI is InChI=1S/C13H19N3O/c14-11-6-7-12(15-9-11)16-13(17)8-10-4-2-1-3-5-10/h6-7,9-10H,1-5,8,14H2,(H,15,16,17). The molecule has 1 aliphatic carbocycles. The van der Waals surface area contributed by atoms with Crippen molar-refractivity contribution in [3.05, 3.63) is 18.3 Å². The molecule has 92 valence electrons. The summed E-state index contributed by atoms with van der Waals surface area (Å²) < 4.78 is 0. The topological polar surface area (TPSA) is 68.0 Å². The molecular formula is C13H19N3O. The Labute approximate surface area is 102 Å². The maximum Gasteiger partial charge on any atom is 0.225 e. The molecule has 3 N–H and O–H groups in total. The number of nitrogens with zero attached hydrogens (tertiary/aromatic N) is 1. The summed E-state index contributed by atoms with van der Waals surface area (Å²) in [7, 11) is 0. The van der Waals surface area contributed by atoms with Gasteiger partial charge in [0.2, 0.25) is 5.91 Å². The van der Waals surface area contributed by atoms with Crippen LogP contribution in [-0.4, -0.2) is 10.9 Å². The minimum atomic E-state index is 0.0640. The van der Waals surface area contributed by atoms with E-state index in [1.54, 1.807) is 18.3 Å². The van der Waals surface area contributed by atoms with Gasteiger partial charge in [0.1, 0.15) is 5.82 Å². The number of rotatable bonds is 3. The fraction of sp³-hybridized carbons (Fsp3) is 0.538. The number of carbonyl (C=O) groups is 1. The van der Waals surface area contributed by atoms with Crippen molar-refractivity contribution in [2.45, 2.75) is 38.5 Å². The summed E-state index contributed by atoms with van der Waals surface area (Å²) >= 11 is 0. The number of carbonyl (C=O) groups excluding carboxylic acids is 1. The van der Waals surface area contributed by atoms with Gasteiger partial charge in [-0.2, -0.15) is 0 Å². The second-order valence-electron chi connectivity index (χ2n) is 4.73. The first kappa shape index (κ1) is 11.9. The van der Waals surface area contributed by atoms with Gasteiger partial charge < -0.3 is 11.1 Å². The van der Waals surface area contributed by atoms with Gasteiger partial charge in [0.05, 0.1) is 11.9 Å². The highest BCUT2D eigenvalue weighted by Gasteiger charge is 2.17. The number of pyridine rings is 1. The van der Waals surface area contributed by atoms with E-state index in [1.807, 2.05) is 0 Å². The molecule has 1 amide bonds. The number of hydrogen-bond acceptors (Lipinski definition) is 3. The molecule has 1 saturated carbocycles. The molecule has 17 heavy (non-hydrogen) atoms. The zero-order valence-electron chi connectivity index (χ0n) is 9.98. The van der Waals surface area contributed by atoms with Crippen LogP contribution in [0.25, 0.3) is 0 Å². The number of hydrogen-bond donors (Lipinski definition) is 2. The number of nitrogens with two attached hydrogens (primary N) is 1. The van der Waals surface area contributed by atoms with Crippen LogP contribution in [0.2, 0.25) is 0 Å². The zero-order valence-corrected chi connectivity index (χ0v) is 9.98. The highest BCUT2D eigenvalue weighted by atomic mass is 16.1. The van der Waals surface area contributed by atoms with Crippen LogP contribution in [0.1, 0.15) is 38.5 Å². The van der Waals surface area contributed by atoms with Crippen molar-refractivity contribution in [3.63, 3.8) is 0 Å². The first-order valence-corrected chi connectivity index (χ1v) is 6.25. The third-order valence-corrected chi connectivity index (χ3v) is 3.25. The molecule has 1 aromatic rings. The molecule has 1 aliphatic rings. The quantitative estimate of drug-likeness (QED) is 0.843. The summed E-state index contributed by atoms with van der Waals surface area (Å²) in [6.45, 7) is 0. The van der Waals surface area contributed by atoms with Crippen molar-refractivity contribution < 1.29 is 4.79 Å². The highest BCUT2D eigenvalue weighted by molar-refractivity contribution is 5.89. The molecule has 2 rings (SSSR count). The molecule has 0 bridgehead atoms. The van der Waals surface area contributed by atoms with Gasteiger partial charge in [-0.25, -0.2) is 4.98 Å². The lowest BCUT2D eigenvalue weighted by molar-refractivity contribution is -0.117. The zero-order chi connectivity index (χ0) is 12.1. The monoisotopic (exact) mass is 233 g/mol. The van der Waals surface area contributed by atoms with Gasteiger partial charge in [-0.1, -0.05) is 19.3 Å². The smallest absolute Gasteiger partial charge is 0.225 e. The van der Waals surface area contributed by atoms with Crippen LogP contribution in [0.15, 0.2) is 18.3 Å². The molecule has 0 atom stereocenters. The number of aromatic nitrogens is 1. The molecular weight excluding hydrogens is 214 g/mol. The van der Waals surface area contributed by atoms with Crippen molar-refractivity contribution in [2.24, 2.45) is 5.92 Å². The van der Waals surface area contributed by atoms with Crippen molar-refractivity contribution in [2.75, 3.05) is 11.1 Å². The second-order valence-corrected chi connectivity index (χ2v) is 4.73. The third-order valence-electron chi connectivity index (χ3n) is 3.25. The number of nitrogen functional groups attached to an aromatic ring is 1. The highest BCUT2D eigenvalue weighted by Crippen LogP contribution is 2.26. The van der Waals surface area contributed by atoms with Gasteiger partial charge in [0.25, 0.3) is 0 Å². The van der Waals surface area contributed by atoms with Gasteiger partial charge >= 0.3 is 0 Å². The molecule has 1 fully saturated rings. The van der Waals surface area contributed by atoms with Crippen molar-refractivity contribution in [1.29, 1.82) is 0 Å². The molecule has 4 nitrogen and oxygen atoms in total. The van der Waals surface area contributed by atoms with E-state index < -0.39 is 0 Å². The van der Waals surface area contributed by atoms with E-state index in [-0.39, 0.29) is 5.91 Å². The summed E-state index contributed by atoms with van der Waals surface area (Å²) in [6.07, 6.45) is 8.38. The Bertz CT molecular complexity index is 369. The molecule has 0 spiro atoms. The first-order valence-electron chi connectivity index (χ1n) is 6.25. The number of nitrogens with one attached hydrogen (secondary N) is 1. The Kier molecular flexibility index (Phi) is 3.96. The summed E-state index contributed by atoms with van der Waals surface area (Å²) in [6, 6.07) is 3.47. The van der Waals surface area contributed by atoms with Crippen LogP contribution in [-0.2, 0) is 4.79 Å². The van der Waals surface area contributed by atoms with Gasteiger partial charge in [0.15, 0.2) is 0 Å². The fourth-order valence-electron chi connectivity index (χ4n) is 2.33. The molecule has 4 heteroatoms. The Morgan fingerprint density at radius 2 is 2.12 bits per heavy atom. The van der Waals surface area contributed by atoms with E-state index in [2.05, 4.69) is 10.3 Å². The summed E-state index contributed by atoms with van der Waals surface area (Å²) in [4.78, 5) is 15.8. The second kappa shape index (κ2) is 5.66. The predicted octanol–water partition coefficient (Wildman–Crippen LogP) is 2.57. The molecule has 1 aromatic heterocycles. The molecule has 0 aromatic carbocycles. The summed E-state index contributed by atoms with van der Waals surface area (Å²) in [5.74, 6) is 1.20. The van der Waals surface area contributed by atoms with E-state index in [1.165, 1.54) is 32.1 Å². The van der Waals surface area contributed by atoms with Crippen LogP contribution >= 0.6 is 0 Å². The minimum Gasteiger partial charge on any atom is -0.397 e. The Morgan fingerprint density at radius 1 is 1.35 bits per heavy atom. The molecule has 1 heterocycles. The average molecular weight is 233 g/mol. The Morgan fingerprint density at radius 3 is 2.76 bits per heavy atom. The first-order chi connectivity index (χ1) is 8.24. The normalized spacial score (nSPS) is 16.7. The summed E-state index contributed by atoms with van der Waals surface area (Å²) in [5.41, 5.74) is 6.14. The number of anilines is 2. The van der Waals surface area contributed by atoms with E-state index in [0.717, 1.165) is 0 Å². The lowest BCUT2D eigenvalue weighted by Gasteiger charge is -2.20. The lowest BCUT2D eigenvalue weighted by Crippen LogP contribution is -2.18. The van der Waals surface area contributed by atoms with Crippen molar-refractivity contribution in [1.82, 2.24) is 4.98 Å². The Hall–Kier alpha value is -1.58. The SMILES string of the molecule is Nc1ccc(NC(=O)CC2CCCCC2)nc1. The predicted molar refractivity (Wildman–Crippen MR) is 68.5 cm³/mol. The van der Waals surface area contributed by atoms with E-state index in [4.69, 9.17) is 5.73 Å². The van der Waals surface area contributed by atoms with Crippen LogP contribution in [0.3, 0.4) is 0 Å². The Balaban J connectivity index is 1.82. The van der Waals surface area contributed by atoms with Gasteiger partial charge in [-0.3, -0.25) is 4.79 Å². The summed E-state index contributed by atoms with van der Waals surface area (Å²) in [5, 5.41) is 2.81. The van der Waals surface area contributed by atoms with Gasteiger partial charge in [-0.05, 0) is 30.9 Å². The van der Waals surface area contributed by atoms with E-state index >= 15 is 0 Å². The molecule has 0 saturated heterocycles. The largest absolute Gasteiger partial charge is 0.397 e.